The van der Waals surface area contributed by atoms with Gasteiger partial charge in [0, 0.05) is 0 Å². The summed E-state index contributed by atoms with van der Waals surface area (Å²) in [6.07, 6.45) is 1.49. The largest absolute Gasteiger partial charge is 0.508 e. The molecule has 1 heterocycles. The van der Waals surface area contributed by atoms with Crippen molar-refractivity contribution in [3.8, 4) is 5.75 Å². The molecule has 1 aliphatic heterocycles. The van der Waals surface area contributed by atoms with Crippen LogP contribution in [-0.4, -0.2) is 40.8 Å². The lowest BCUT2D eigenvalue weighted by molar-refractivity contribution is -0.143. The molecule has 6 nitrogen and oxygen atoms in total. The van der Waals surface area contributed by atoms with E-state index in [-0.39, 0.29) is 10.7 Å². The van der Waals surface area contributed by atoms with E-state index in [0.717, 1.165) is 16.7 Å². The molecule has 0 radical (unpaired) electrons. The van der Waals surface area contributed by atoms with Gasteiger partial charge in [0.05, 0.1) is 12.0 Å². The lowest BCUT2D eigenvalue weighted by atomic mass is 10.2. The molecule has 1 saturated heterocycles. The molecule has 1 aliphatic rings. The zero-order valence-corrected chi connectivity index (χ0v) is 11.3. The van der Waals surface area contributed by atoms with E-state index in [2.05, 4.69) is 4.74 Å². The Morgan fingerprint density at radius 2 is 2.20 bits per heavy atom. The standard InChI is InChI=1S/C13H11NO5S/c1-19-11(16)7-14-12(17)10(20-13(14)18)6-8-3-2-4-9(15)5-8/h2-6,15H,7H2,1H3/b10-6-. The SMILES string of the molecule is COC(=O)CN1C(=O)S/C(=C\c2cccc(O)c2)C1=O. The average molecular weight is 293 g/mol. The fraction of sp³-hybridized carbons (Fsp3) is 0.154. The van der Waals surface area contributed by atoms with Crippen molar-refractivity contribution < 1.29 is 24.2 Å². The Balaban J connectivity index is 2.21. The van der Waals surface area contributed by atoms with Crippen LogP contribution in [0.5, 0.6) is 5.75 Å². The van der Waals surface area contributed by atoms with Gasteiger partial charge in [0.25, 0.3) is 11.1 Å². The van der Waals surface area contributed by atoms with Gasteiger partial charge in [0.15, 0.2) is 0 Å². The highest BCUT2D eigenvalue weighted by molar-refractivity contribution is 8.18. The van der Waals surface area contributed by atoms with Crippen LogP contribution in [0.1, 0.15) is 5.56 Å². The molecule has 1 aromatic rings. The van der Waals surface area contributed by atoms with Crippen LogP contribution in [0.2, 0.25) is 0 Å². The number of ether oxygens (including phenoxy) is 1. The number of hydrogen-bond acceptors (Lipinski definition) is 6. The Bertz CT molecular complexity index is 611. The molecule has 0 aromatic heterocycles. The van der Waals surface area contributed by atoms with Crippen molar-refractivity contribution in [2.24, 2.45) is 0 Å². The van der Waals surface area contributed by atoms with E-state index in [1.165, 1.54) is 25.3 Å². The highest BCUT2D eigenvalue weighted by Gasteiger charge is 2.36. The molecule has 0 saturated carbocycles. The normalized spacial score (nSPS) is 16.9. The van der Waals surface area contributed by atoms with Gasteiger partial charge in [-0.3, -0.25) is 19.3 Å². The molecule has 104 valence electrons. The number of carbonyl (C=O) groups is 3. The summed E-state index contributed by atoms with van der Waals surface area (Å²) in [6, 6.07) is 6.28. The summed E-state index contributed by atoms with van der Waals surface area (Å²) < 4.78 is 4.43. The Labute approximate surface area is 119 Å². The predicted molar refractivity (Wildman–Crippen MR) is 72.8 cm³/mol. The van der Waals surface area contributed by atoms with E-state index in [1.807, 2.05) is 0 Å². The maximum atomic E-state index is 12.0. The monoisotopic (exact) mass is 293 g/mol. The van der Waals surface area contributed by atoms with Gasteiger partial charge in [-0.25, -0.2) is 0 Å². The van der Waals surface area contributed by atoms with Gasteiger partial charge in [-0.15, -0.1) is 0 Å². The summed E-state index contributed by atoms with van der Waals surface area (Å²) in [6.45, 7) is -0.404. The summed E-state index contributed by atoms with van der Waals surface area (Å²) in [5.41, 5.74) is 0.591. The Kier molecular flexibility index (Phi) is 4.09. The van der Waals surface area contributed by atoms with Gasteiger partial charge in [0.1, 0.15) is 12.3 Å². The Hall–Kier alpha value is -2.28. The van der Waals surface area contributed by atoms with Crippen LogP contribution in [0.3, 0.4) is 0 Å². The number of imide groups is 1. The molecular formula is C13H11NO5S. The first-order valence-electron chi connectivity index (χ1n) is 5.62. The Morgan fingerprint density at radius 1 is 1.45 bits per heavy atom. The minimum atomic E-state index is -0.661. The van der Waals surface area contributed by atoms with E-state index < -0.39 is 23.7 Å². The van der Waals surface area contributed by atoms with Crippen LogP contribution in [0.4, 0.5) is 4.79 Å². The zero-order valence-electron chi connectivity index (χ0n) is 10.5. The van der Waals surface area contributed by atoms with Gasteiger partial charge in [-0.05, 0) is 35.5 Å². The number of thioether (sulfide) groups is 1. The van der Waals surface area contributed by atoms with Crippen molar-refractivity contribution in [1.29, 1.82) is 0 Å². The van der Waals surface area contributed by atoms with Crippen LogP contribution in [0.15, 0.2) is 29.2 Å². The third kappa shape index (κ3) is 3.00. The van der Waals surface area contributed by atoms with Gasteiger partial charge in [-0.1, -0.05) is 12.1 Å². The fourth-order valence-corrected chi connectivity index (χ4v) is 2.43. The van der Waals surface area contributed by atoms with Gasteiger partial charge in [-0.2, -0.15) is 0 Å². The second kappa shape index (κ2) is 5.79. The number of rotatable bonds is 3. The number of methoxy groups -OCH3 is 1. The third-order valence-corrected chi connectivity index (χ3v) is 3.46. The van der Waals surface area contributed by atoms with Gasteiger partial charge in [0.2, 0.25) is 0 Å². The number of phenolic OH excluding ortho intramolecular Hbond substituents is 1. The van der Waals surface area contributed by atoms with E-state index in [0.29, 0.717) is 5.56 Å². The number of aromatic hydroxyl groups is 1. The molecule has 7 heteroatoms. The highest BCUT2D eigenvalue weighted by Crippen LogP contribution is 2.32. The van der Waals surface area contributed by atoms with Gasteiger partial charge < -0.3 is 9.84 Å². The molecule has 1 fully saturated rings. The Morgan fingerprint density at radius 3 is 2.85 bits per heavy atom. The predicted octanol–water partition coefficient (Wildman–Crippen LogP) is 1.60. The number of amides is 2. The molecule has 0 aliphatic carbocycles. The first-order chi connectivity index (χ1) is 9.51. The molecule has 0 unspecified atom stereocenters. The van der Waals surface area contributed by atoms with Crippen LogP contribution in [-0.2, 0) is 14.3 Å². The average Bonchev–Trinajstić information content (AvgIpc) is 2.66. The number of nitrogens with zero attached hydrogens (tertiary/aromatic N) is 1. The van der Waals surface area contributed by atoms with Crippen molar-refractivity contribution in [3.05, 3.63) is 34.7 Å². The molecule has 0 atom stereocenters. The van der Waals surface area contributed by atoms with Crippen LogP contribution < -0.4 is 0 Å². The molecular weight excluding hydrogens is 282 g/mol. The smallest absolute Gasteiger partial charge is 0.325 e. The second-order valence-corrected chi connectivity index (χ2v) is 4.93. The lowest BCUT2D eigenvalue weighted by Gasteiger charge is -2.09. The maximum Gasteiger partial charge on any atom is 0.325 e. The van der Waals surface area contributed by atoms with Crippen LogP contribution in [0.25, 0.3) is 6.08 Å². The number of benzene rings is 1. The van der Waals surface area contributed by atoms with Crippen molar-refractivity contribution >= 4 is 35.0 Å². The lowest BCUT2D eigenvalue weighted by Crippen LogP contribution is -2.34. The number of hydrogen-bond donors (Lipinski definition) is 1. The van der Waals surface area contributed by atoms with Crippen molar-refractivity contribution in [1.82, 2.24) is 4.90 Å². The van der Waals surface area contributed by atoms with E-state index in [1.54, 1.807) is 12.1 Å². The maximum absolute atomic E-state index is 12.0. The molecule has 0 spiro atoms. The van der Waals surface area contributed by atoms with E-state index >= 15 is 0 Å². The number of carbonyl (C=O) groups excluding carboxylic acids is 3. The summed E-state index contributed by atoms with van der Waals surface area (Å²) in [4.78, 5) is 35.8. The quantitative estimate of drug-likeness (QED) is 0.673. The summed E-state index contributed by atoms with van der Waals surface area (Å²) in [5, 5.41) is 8.83. The first-order valence-corrected chi connectivity index (χ1v) is 6.44. The summed E-state index contributed by atoms with van der Waals surface area (Å²) in [5.74, 6) is -1.15. The van der Waals surface area contributed by atoms with Gasteiger partial charge >= 0.3 is 5.97 Å². The fourth-order valence-electron chi connectivity index (χ4n) is 1.60. The molecule has 2 amide bonds. The van der Waals surface area contributed by atoms with Crippen molar-refractivity contribution in [2.45, 2.75) is 0 Å². The van der Waals surface area contributed by atoms with Crippen LogP contribution >= 0.6 is 11.8 Å². The minimum Gasteiger partial charge on any atom is -0.508 e. The topological polar surface area (TPSA) is 83.9 Å². The molecule has 20 heavy (non-hydrogen) atoms. The zero-order chi connectivity index (χ0) is 14.7. The third-order valence-electron chi connectivity index (χ3n) is 2.56. The summed E-state index contributed by atoms with van der Waals surface area (Å²) >= 11 is 0.744. The van der Waals surface area contributed by atoms with Crippen molar-refractivity contribution in [3.63, 3.8) is 0 Å². The summed E-state index contributed by atoms with van der Waals surface area (Å²) in [7, 11) is 1.18. The van der Waals surface area contributed by atoms with Crippen LogP contribution in [0, 0.1) is 0 Å². The minimum absolute atomic E-state index is 0.0625. The molecule has 2 rings (SSSR count). The van der Waals surface area contributed by atoms with Crippen molar-refractivity contribution in [2.75, 3.05) is 13.7 Å². The first kappa shape index (κ1) is 14.1. The number of phenols is 1. The second-order valence-electron chi connectivity index (χ2n) is 3.94. The highest BCUT2D eigenvalue weighted by atomic mass is 32.2. The molecule has 0 bridgehead atoms. The molecule has 1 N–H and O–H groups in total. The van der Waals surface area contributed by atoms with E-state index in [4.69, 9.17) is 0 Å². The number of esters is 1. The molecule has 1 aromatic carbocycles. The van der Waals surface area contributed by atoms with E-state index in [9.17, 15) is 19.5 Å².